The van der Waals surface area contributed by atoms with E-state index in [0.29, 0.717) is 22.7 Å². The summed E-state index contributed by atoms with van der Waals surface area (Å²) >= 11 is 1.07. The van der Waals surface area contributed by atoms with Crippen LogP contribution < -0.4 is 10.6 Å². The highest BCUT2D eigenvalue weighted by Crippen LogP contribution is 2.33. The molecule has 0 radical (unpaired) electrons. The Morgan fingerprint density at radius 2 is 2.19 bits per heavy atom. The topological polar surface area (TPSA) is 89.7 Å². The van der Waals surface area contributed by atoms with Crippen LogP contribution in [0.3, 0.4) is 0 Å². The summed E-state index contributed by atoms with van der Waals surface area (Å²) in [6.07, 6.45) is 1.89. The fourth-order valence-electron chi connectivity index (χ4n) is 2.07. The maximum atomic E-state index is 10.8. The molecule has 0 aliphatic carbocycles. The zero-order valence-electron chi connectivity index (χ0n) is 11.5. The van der Waals surface area contributed by atoms with E-state index in [4.69, 9.17) is 5.73 Å². The summed E-state index contributed by atoms with van der Waals surface area (Å²) in [7, 11) is 3.88. The lowest BCUT2D eigenvalue weighted by molar-refractivity contribution is -0.380. The maximum Gasteiger partial charge on any atom is 0.324 e. The number of nitrogens with zero attached hydrogens (tertiary/aromatic N) is 4. The third-order valence-electron chi connectivity index (χ3n) is 3.20. The van der Waals surface area contributed by atoms with Crippen LogP contribution in [-0.4, -0.2) is 28.4 Å². The van der Waals surface area contributed by atoms with E-state index in [9.17, 15) is 10.1 Å². The normalized spacial score (nSPS) is 11.0. The highest BCUT2D eigenvalue weighted by atomic mass is 32.1. The molecule has 8 heteroatoms. The number of aromatic nitrogens is 2. The first-order valence-electron chi connectivity index (χ1n) is 6.15. The van der Waals surface area contributed by atoms with Gasteiger partial charge in [0.15, 0.2) is 0 Å². The molecule has 3 heterocycles. The molecule has 0 aliphatic rings. The predicted octanol–water partition coefficient (Wildman–Crippen LogP) is 2.62. The first kappa shape index (κ1) is 13.4. The Morgan fingerprint density at radius 3 is 2.81 bits per heavy atom. The number of rotatable bonds is 3. The van der Waals surface area contributed by atoms with Gasteiger partial charge in [-0.25, -0.2) is 4.98 Å². The smallest absolute Gasteiger partial charge is 0.324 e. The standard InChI is InChI=1S/C13H13N5O2S/c1-16(2)9-3-4-10-15-12(13(14)17(10)6-9)8-5-11(18(19)20)21-7-8/h3-7H,14H2,1-2H3. The SMILES string of the molecule is CN(C)c1ccc2nc(-c3csc([N+](=O)[O-])c3)c(N)n2c1. The van der Waals surface area contributed by atoms with E-state index in [0.717, 1.165) is 17.0 Å². The molecule has 0 aliphatic heterocycles. The number of nitrogen functional groups attached to an aromatic ring is 1. The van der Waals surface area contributed by atoms with E-state index in [-0.39, 0.29) is 5.00 Å². The number of anilines is 2. The summed E-state index contributed by atoms with van der Waals surface area (Å²) in [5.41, 5.74) is 9.08. The Balaban J connectivity index is 2.14. The van der Waals surface area contributed by atoms with Gasteiger partial charge in [0.25, 0.3) is 0 Å². The summed E-state index contributed by atoms with van der Waals surface area (Å²) in [4.78, 5) is 16.8. The van der Waals surface area contributed by atoms with Crippen molar-refractivity contribution in [1.82, 2.24) is 9.38 Å². The minimum atomic E-state index is -0.412. The van der Waals surface area contributed by atoms with Gasteiger partial charge in [-0.1, -0.05) is 11.3 Å². The molecule has 0 fully saturated rings. The molecule has 3 rings (SSSR count). The Kier molecular flexibility index (Phi) is 3.02. The third-order valence-corrected chi connectivity index (χ3v) is 4.08. The highest BCUT2D eigenvalue weighted by molar-refractivity contribution is 7.13. The van der Waals surface area contributed by atoms with E-state index < -0.39 is 4.92 Å². The predicted molar refractivity (Wildman–Crippen MR) is 83.9 cm³/mol. The van der Waals surface area contributed by atoms with E-state index in [1.807, 2.05) is 37.3 Å². The molecule has 3 aromatic heterocycles. The molecule has 0 saturated heterocycles. The summed E-state index contributed by atoms with van der Waals surface area (Å²) in [6, 6.07) is 5.31. The number of nitrogens with two attached hydrogens (primary N) is 1. The van der Waals surface area contributed by atoms with Crippen molar-refractivity contribution < 1.29 is 4.92 Å². The van der Waals surface area contributed by atoms with Crippen molar-refractivity contribution in [1.29, 1.82) is 0 Å². The number of hydrogen-bond donors (Lipinski definition) is 1. The van der Waals surface area contributed by atoms with Crippen LogP contribution in [0.5, 0.6) is 0 Å². The lowest BCUT2D eigenvalue weighted by Gasteiger charge is -2.12. The van der Waals surface area contributed by atoms with Gasteiger partial charge in [0, 0.05) is 37.3 Å². The van der Waals surface area contributed by atoms with Crippen LogP contribution in [0.25, 0.3) is 16.9 Å². The third kappa shape index (κ3) is 2.19. The van der Waals surface area contributed by atoms with Crippen LogP contribution in [0, 0.1) is 10.1 Å². The molecule has 108 valence electrons. The van der Waals surface area contributed by atoms with Crippen LogP contribution in [0.4, 0.5) is 16.5 Å². The molecule has 0 bridgehead atoms. The lowest BCUT2D eigenvalue weighted by Crippen LogP contribution is -2.09. The summed E-state index contributed by atoms with van der Waals surface area (Å²) in [5.74, 6) is 0.474. The fraction of sp³-hybridized carbons (Fsp3) is 0.154. The van der Waals surface area contributed by atoms with Gasteiger partial charge in [-0.3, -0.25) is 14.5 Å². The second-order valence-electron chi connectivity index (χ2n) is 4.79. The van der Waals surface area contributed by atoms with Gasteiger partial charge >= 0.3 is 5.00 Å². The van der Waals surface area contributed by atoms with Gasteiger partial charge in [-0.05, 0) is 12.1 Å². The largest absolute Gasteiger partial charge is 0.383 e. The van der Waals surface area contributed by atoms with Crippen molar-refractivity contribution in [3.8, 4) is 11.3 Å². The van der Waals surface area contributed by atoms with Crippen LogP contribution in [0.15, 0.2) is 29.8 Å². The van der Waals surface area contributed by atoms with Gasteiger partial charge in [-0.2, -0.15) is 0 Å². The number of thiophene rings is 1. The molecule has 0 unspecified atom stereocenters. The molecule has 7 nitrogen and oxygen atoms in total. The Morgan fingerprint density at radius 1 is 1.43 bits per heavy atom. The minimum absolute atomic E-state index is 0.0791. The van der Waals surface area contributed by atoms with Gasteiger partial charge in [0.2, 0.25) is 0 Å². The van der Waals surface area contributed by atoms with Crippen molar-refractivity contribution in [2.45, 2.75) is 0 Å². The highest BCUT2D eigenvalue weighted by Gasteiger charge is 2.17. The number of fused-ring (bicyclic) bond motifs is 1. The van der Waals surface area contributed by atoms with Gasteiger partial charge in [0.1, 0.15) is 17.2 Å². The Hall–Kier alpha value is -2.61. The van der Waals surface area contributed by atoms with Crippen molar-refractivity contribution >= 4 is 33.5 Å². The van der Waals surface area contributed by atoms with Gasteiger partial charge < -0.3 is 10.6 Å². The average Bonchev–Trinajstić information content (AvgIpc) is 3.03. The monoisotopic (exact) mass is 303 g/mol. The fourth-order valence-corrected chi connectivity index (χ4v) is 2.78. The molecule has 0 amide bonds. The molecule has 0 aromatic carbocycles. The van der Waals surface area contributed by atoms with E-state index in [1.165, 1.54) is 6.07 Å². The van der Waals surface area contributed by atoms with Crippen molar-refractivity contribution in [2.24, 2.45) is 0 Å². The van der Waals surface area contributed by atoms with E-state index >= 15 is 0 Å². The molecule has 0 saturated carbocycles. The zero-order chi connectivity index (χ0) is 15.1. The molecule has 0 spiro atoms. The van der Waals surface area contributed by atoms with Gasteiger partial charge in [0.05, 0.1) is 10.6 Å². The summed E-state index contributed by atoms with van der Waals surface area (Å²) < 4.78 is 1.79. The number of hydrogen-bond acceptors (Lipinski definition) is 6. The van der Waals surface area contributed by atoms with Crippen LogP contribution >= 0.6 is 11.3 Å². The van der Waals surface area contributed by atoms with Crippen molar-refractivity contribution in [2.75, 3.05) is 24.7 Å². The number of nitro groups is 1. The lowest BCUT2D eigenvalue weighted by atomic mass is 10.2. The molecule has 0 atom stereocenters. The molecule has 3 aromatic rings. The van der Waals surface area contributed by atoms with Crippen molar-refractivity contribution in [3.05, 3.63) is 39.9 Å². The average molecular weight is 303 g/mol. The zero-order valence-corrected chi connectivity index (χ0v) is 12.3. The second-order valence-corrected chi connectivity index (χ2v) is 5.68. The summed E-state index contributed by atoms with van der Waals surface area (Å²) in [5, 5.41) is 12.6. The van der Waals surface area contributed by atoms with Crippen LogP contribution in [-0.2, 0) is 0 Å². The molecule has 21 heavy (non-hydrogen) atoms. The minimum Gasteiger partial charge on any atom is -0.383 e. The van der Waals surface area contributed by atoms with E-state index in [1.54, 1.807) is 9.78 Å². The van der Waals surface area contributed by atoms with Crippen molar-refractivity contribution in [3.63, 3.8) is 0 Å². The Labute approximate surface area is 124 Å². The second kappa shape index (κ2) is 4.74. The molecule has 2 N–H and O–H groups in total. The Bertz CT molecular complexity index is 836. The van der Waals surface area contributed by atoms with E-state index in [2.05, 4.69) is 4.98 Å². The van der Waals surface area contributed by atoms with Gasteiger partial charge in [-0.15, -0.1) is 0 Å². The quantitative estimate of drug-likeness (QED) is 0.593. The molecular weight excluding hydrogens is 290 g/mol. The summed E-state index contributed by atoms with van der Waals surface area (Å²) in [6.45, 7) is 0. The van der Waals surface area contributed by atoms with Crippen LogP contribution in [0.2, 0.25) is 0 Å². The first-order chi connectivity index (χ1) is 9.97. The maximum absolute atomic E-state index is 10.8. The number of pyridine rings is 1. The first-order valence-corrected chi connectivity index (χ1v) is 7.03. The van der Waals surface area contributed by atoms with Crippen LogP contribution in [0.1, 0.15) is 0 Å². The number of imidazole rings is 1. The molecular formula is C13H13N5O2S.